The summed E-state index contributed by atoms with van der Waals surface area (Å²) in [6, 6.07) is -1.36. The van der Waals surface area contributed by atoms with Gasteiger partial charge in [-0.15, -0.1) is 11.3 Å². The summed E-state index contributed by atoms with van der Waals surface area (Å²) in [5, 5.41) is 13.0. The zero-order chi connectivity index (χ0) is 13.7. The number of primary amides is 1. The Morgan fingerprint density at radius 3 is 2.61 bits per heavy atom. The van der Waals surface area contributed by atoms with Crippen molar-refractivity contribution in [2.75, 3.05) is 0 Å². The molecule has 0 aliphatic heterocycles. The van der Waals surface area contributed by atoms with Crippen molar-refractivity contribution in [2.24, 2.45) is 11.5 Å². The van der Waals surface area contributed by atoms with Crippen LogP contribution in [0.2, 0.25) is 0 Å². The van der Waals surface area contributed by atoms with Crippen LogP contribution < -0.4 is 16.8 Å². The summed E-state index contributed by atoms with van der Waals surface area (Å²) in [4.78, 5) is 37.0. The van der Waals surface area contributed by atoms with Gasteiger partial charge < -0.3 is 21.9 Å². The highest BCUT2D eigenvalue weighted by atomic mass is 32.1. The van der Waals surface area contributed by atoms with Gasteiger partial charge in [-0.3, -0.25) is 9.59 Å². The fourth-order valence-corrected chi connectivity index (χ4v) is 1.80. The van der Waals surface area contributed by atoms with Crippen LogP contribution >= 0.6 is 11.3 Å². The Labute approximate surface area is 106 Å². The van der Waals surface area contributed by atoms with Crippen LogP contribution in [0.5, 0.6) is 0 Å². The summed E-state index contributed by atoms with van der Waals surface area (Å²) in [5.74, 6) is -2.83. The molecule has 6 N–H and O–H groups in total. The molecule has 0 aromatic carbocycles. The van der Waals surface area contributed by atoms with Gasteiger partial charge in [0.15, 0.2) is 0 Å². The van der Waals surface area contributed by atoms with Gasteiger partial charge in [-0.05, 0) is 0 Å². The summed E-state index contributed by atoms with van der Waals surface area (Å²) in [7, 11) is 0. The van der Waals surface area contributed by atoms with Crippen molar-refractivity contribution in [3.05, 3.63) is 16.1 Å². The van der Waals surface area contributed by atoms with E-state index < -0.39 is 30.2 Å². The number of nitrogens with zero attached hydrogens (tertiary/aromatic N) is 1. The third kappa shape index (κ3) is 3.79. The van der Waals surface area contributed by atoms with Crippen molar-refractivity contribution < 1.29 is 19.5 Å². The number of carbonyl (C=O) groups excluding carboxylic acids is 2. The average molecular weight is 272 g/mol. The highest BCUT2D eigenvalue weighted by Crippen LogP contribution is 2.09. The van der Waals surface area contributed by atoms with E-state index in [2.05, 4.69) is 10.3 Å². The first-order chi connectivity index (χ1) is 8.43. The first-order valence-electron chi connectivity index (χ1n) is 4.90. The lowest BCUT2D eigenvalue weighted by Gasteiger charge is -2.11. The Kier molecular flexibility index (Phi) is 4.75. The molecule has 1 atom stereocenters. The monoisotopic (exact) mass is 272 g/mol. The van der Waals surface area contributed by atoms with E-state index in [0.29, 0.717) is 5.01 Å². The van der Waals surface area contributed by atoms with Gasteiger partial charge in [0.1, 0.15) is 16.7 Å². The number of carbonyl (C=O) groups is 3. The molecular formula is C9H12N4O4S. The number of rotatable bonds is 6. The average Bonchev–Trinajstić information content (AvgIpc) is 2.75. The van der Waals surface area contributed by atoms with E-state index in [0.717, 1.165) is 0 Å². The molecule has 0 aliphatic rings. The van der Waals surface area contributed by atoms with Gasteiger partial charge in [0, 0.05) is 11.9 Å². The van der Waals surface area contributed by atoms with E-state index in [-0.39, 0.29) is 12.2 Å². The van der Waals surface area contributed by atoms with Crippen LogP contribution in [0.1, 0.15) is 21.9 Å². The second-order valence-corrected chi connectivity index (χ2v) is 4.31. The van der Waals surface area contributed by atoms with E-state index in [4.69, 9.17) is 16.6 Å². The smallest absolute Gasteiger partial charge is 0.326 e. The highest BCUT2D eigenvalue weighted by Gasteiger charge is 2.23. The summed E-state index contributed by atoms with van der Waals surface area (Å²) in [6.45, 7) is 0.196. The van der Waals surface area contributed by atoms with Gasteiger partial charge in [0.05, 0.1) is 6.42 Å². The molecule has 98 valence electrons. The van der Waals surface area contributed by atoms with E-state index in [1.165, 1.54) is 16.7 Å². The number of aromatic nitrogens is 1. The van der Waals surface area contributed by atoms with Crippen LogP contribution in [0, 0.1) is 0 Å². The molecule has 1 rings (SSSR count). The molecule has 0 unspecified atom stereocenters. The predicted molar refractivity (Wildman–Crippen MR) is 62.7 cm³/mol. The third-order valence-corrected chi connectivity index (χ3v) is 2.84. The Bertz CT molecular complexity index is 473. The standard InChI is InChI=1S/C9H12N4O4S/c10-2-7-12-5(3-18-7)8(15)13-4(9(16)17)1-6(11)14/h3-4H,1-2,10H2,(H2,11,14)(H,13,15)(H,16,17)/t4-/m0/s1. The fourth-order valence-electron chi connectivity index (χ4n) is 1.14. The lowest BCUT2D eigenvalue weighted by Crippen LogP contribution is -2.43. The molecule has 8 nitrogen and oxygen atoms in total. The number of carboxylic acid groups (broad SMARTS) is 1. The second kappa shape index (κ2) is 6.07. The largest absolute Gasteiger partial charge is 0.480 e. The quantitative estimate of drug-likeness (QED) is 0.503. The minimum absolute atomic E-state index is 0.0659. The molecule has 2 amide bonds. The Morgan fingerprint density at radius 1 is 1.50 bits per heavy atom. The highest BCUT2D eigenvalue weighted by molar-refractivity contribution is 7.09. The van der Waals surface area contributed by atoms with Crippen molar-refractivity contribution >= 4 is 29.1 Å². The zero-order valence-corrected chi connectivity index (χ0v) is 10.1. The van der Waals surface area contributed by atoms with E-state index in [1.807, 2.05) is 0 Å². The molecule has 0 aliphatic carbocycles. The van der Waals surface area contributed by atoms with Gasteiger partial charge in [-0.25, -0.2) is 9.78 Å². The molecule has 0 radical (unpaired) electrons. The van der Waals surface area contributed by atoms with Crippen LogP contribution in [0.25, 0.3) is 0 Å². The van der Waals surface area contributed by atoms with Gasteiger partial charge >= 0.3 is 5.97 Å². The van der Waals surface area contributed by atoms with Gasteiger partial charge in [-0.1, -0.05) is 0 Å². The number of hydrogen-bond donors (Lipinski definition) is 4. The molecule has 0 spiro atoms. The van der Waals surface area contributed by atoms with Crippen LogP contribution in [0.3, 0.4) is 0 Å². The van der Waals surface area contributed by atoms with Crippen molar-refractivity contribution in [2.45, 2.75) is 19.0 Å². The van der Waals surface area contributed by atoms with E-state index >= 15 is 0 Å². The van der Waals surface area contributed by atoms with Crippen LogP contribution in [0.4, 0.5) is 0 Å². The number of carboxylic acids is 1. The lowest BCUT2D eigenvalue weighted by atomic mass is 10.2. The lowest BCUT2D eigenvalue weighted by molar-refractivity contribution is -0.140. The maximum Gasteiger partial charge on any atom is 0.326 e. The Balaban J connectivity index is 2.71. The minimum atomic E-state index is -1.36. The normalized spacial score (nSPS) is 11.8. The number of nitrogens with one attached hydrogen (secondary N) is 1. The maximum atomic E-state index is 11.6. The Hall–Kier alpha value is -2.00. The summed E-state index contributed by atoms with van der Waals surface area (Å²) in [5.41, 5.74) is 10.3. The summed E-state index contributed by atoms with van der Waals surface area (Å²) in [6.07, 6.45) is -0.477. The molecule has 0 fully saturated rings. The molecule has 0 saturated heterocycles. The molecule has 0 saturated carbocycles. The predicted octanol–water partition coefficient (Wildman–Crippen LogP) is -1.34. The minimum Gasteiger partial charge on any atom is -0.480 e. The number of amides is 2. The molecule has 1 aromatic rings. The van der Waals surface area contributed by atoms with Gasteiger partial charge in [-0.2, -0.15) is 0 Å². The van der Waals surface area contributed by atoms with Crippen LogP contribution in [-0.4, -0.2) is 33.9 Å². The number of hydrogen-bond acceptors (Lipinski definition) is 6. The first kappa shape index (κ1) is 14.1. The number of aliphatic carboxylic acids is 1. The topological polar surface area (TPSA) is 148 Å². The molecule has 18 heavy (non-hydrogen) atoms. The SMILES string of the molecule is NCc1nc(C(=O)N[C@@H](CC(N)=O)C(=O)O)cs1. The fraction of sp³-hybridized carbons (Fsp3) is 0.333. The number of thiazole rings is 1. The van der Waals surface area contributed by atoms with Crippen molar-refractivity contribution in [1.82, 2.24) is 10.3 Å². The molecular weight excluding hydrogens is 260 g/mol. The van der Waals surface area contributed by atoms with Crippen molar-refractivity contribution in [3.8, 4) is 0 Å². The Morgan fingerprint density at radius 2 is 2.17 bits per heavy atom. The summed E-state index contributed by atoms with van der Waals surface area (Å²) >= 11 is 1.19. The molecule has 9 heteroatoms. The molecule has 1 aromatic heterocycles. The molecule has 0 bridgehead atoms. The van der Waals surface area contributed by atoms with Gasteiger partial charge in [0.25, 0.3) is 5.91 Å². The van der Waals surface area contributed by atoms with Crippen molar-refractivity contribution in [1.29, 1.82) is 0 Å². The first-order valence-corrected chi connectivity index (χ1v) is 5.78. The second-order valence-electron chi connectivity index (χ2n) is 3.37. The van der Waals surface area contributed by atoms with Gasteiger partial charge in [0.2, 0.25) is 5.91 Å². The van der Waals surface area contributed by atoms with Crippen LogP contribution in [0.15, 0.2) is 5.38 Å². The maximum absolute atomic E-state index is 11.6. The van der Waals surface area contributed by atoms with Crippen LogP contribution in [-0.2, 0) is 16.1 Å². The third-order valence-electron chi connectivity index (χ3n) is 1.97. The molecule has 1 heterocycles. The summed E-state index contributed by atoms with van der Waals surface area (Å²) < 4.78 is 0. The van der Waals surface area contributed by atoms with E-state index in [1.54, 1.807) is 0 Å². The zero-order valence-electron chi connectivity index (χ0n) is 9.25. The number of nitrogens with two attached hydrogens (primary N) is 2. The van der Waals surface area contributed by atoms with E-state index in [9.17, 15) is 14.4 Å². The van der Waals surface area contributed by atoms with Crippen molar-refractivity contribution in [3.63, 3.8) is 0 Å².